The molecule has 1 unspecified atom stereocenters. The predicted molar refractivity (Wildman–Crippen MR) is 163 cm³/mol. The van der Waals surface area contributed by atoms with Gasteiger partial charge in [-0.25, -0.2) is 9.97 Å². The monoisotopic (exact) mass is 657 g/mol. The summed E-state index contributed by atoms with van der Waals surface area (Å²) in [7, 11) is 1.54. The number of aromatic nitrogens is 3. The van der Waals surface area contributed by atoms with Crippen molar-refractivity contribution in [2.24, 2.45) is 5.92 Å². The van der Waals surface area contributed by atoms with E-state index in [2.05, 4.69) is 11.6 Å². The number of amides is 3. The second kappa shape index (κ2) is 11.7. The number of pyridine rings is 1. The molecule has 1 fully saturated rings. The van der Waals surface area contributed by atoms with Crippen molar-refractivity contribution < 1.29 is 32.7 Å². The van der Waals surface area contributed by atoms with E-state index in [4.69, 9.17) is 16.6 Å². The number of carbonyl (C=O) groups excluding carboxylic acids is 3. The molecule has 3 amide bonds. The van der Waals surface area contributed by atoms with Gasteiger partial charge in [0.2, 0.25) is 17.7 Å². The van der Waals surface area contributed by atoms with E-state index in [1.165, 1.54) is 22.8 Å². The molecule has 0 spiro atoms. The lowest BCUT2D eigenvalue weighted by Crippen LogP contribution is -2.52. The lowest BCUT2D eigenvalue weighted by molar-refractivity contribution is -0.137. The molecule has 242 valence electrons. The van der Waals surface area contributed by atoms with Gasteiger partial charge in [0, 0.05) is 44.4 Å². The average Bonchev–Trinajstić information content (AvgIpc) is 3.56. The van der Waals surface area contributed by atoms with Crippen LogP contribution in [0, 0.1) is 12.8 Å². The molecule has 3 aliphatic heterocycles. The van der Waals surface area contributed by atoms with E-state index >= 15 is 0 Å². The summed E-state index contributed by atoms with van der Waals surface area (Å²) in [4.78, 5) is 54.9. The van der Waals surface area contributed by atoms with Gasteiger partial charge in [0.25, 0.3) is 0 Å². The van der Waals surface area contributed by atoms with E-state index in [-0.39, 0.29) is 50.1 Å². The number of para-hydroxylation sites is 1. The lowest BCUT2D eigenvalue weighted by Gasteiger charge is -2.39. The average molecular weight is 658 g/mol. The van der Waals surface area contributed by atoms with Gasteiger partial charge in [0.1, 0.15) is 17.7 Å². The highest BCUT2D eigenvalue weighted by atomic mass is 35.5. The molecule has 3 aromatic rings. The van der Waals surface area contributed by atoms with Gasteiger partial charge < -0.3 is 24.4 Å². The summed E-state index contributed by atoms with van der Waals surface area (Å²) >= 11 is 6.74. The van der Waals surface area contributed by atoms with Gasteiger partial charge in [-0.1, -0.05) is 24.2 Å². The Labute approximate surface area is 267 Å². The third-order valence-electron chi connectivity index (χ3n) is 8.72. The number of rotatable bonds is 5. The second-order valence-corrected chi connectivity index (χ2v) is 12.1. The van der Waals surface area contributed by atoms with Crippen molar-refractivity contribution in [3.63, 3.8) is 0 Å². The zero-order valence-corrected chi connectivity index (χ0v) is 25.8. The third kappa shape index (κ3) is 5.49. The standard InChI is InChI=1S/C31H31ClF3N7O4/c1-4-26(44)41-15-25-37-20(12-39(25)14-21(41)16-43)13-40-11-18-9-27(45)42(24-10-19(31(33,34)35)8-17(2)36-24)28(18)30(46)38(3)23-7-5-6-22(32)29(23)40/h4-8,10,12,18,21,28,43H,1,9,11,13-16H2,2-3H3/t18-,21?,28+/m1/s1. The molecule has 15 heteroatoms. The van der Waals surface area contributed by atoms with Crippen molar-refractivity contribution in [1.82, 2.24) is 19.4 Å². The number of likely N-dealkylation sites (N-methyl/N-ethyl adjacent to an activating group) is 1. The van der Waals surface area contributed by atoms with E-state index in [1.807, 2.05) is 15.7 Å². The molecule has 5 heterocycles. The molecule has 11 nitrogen and oxygen atoms in total. The maximum Gasteiger partial charge on any atom is 0.416 e. The van der Waals surface area contributed by atoms with Crippen molar-refractivity contribution >= 4 is 46.5 Å². The van der Waals surface area contributed by atoms with Crippen LogP contribution < -0.4 is 14.7 Å². The summed E-state index contributed by atoms with van der Waals surface area (Å²) in [5.41, 5.74) is 0.715. The number of nitrogens with zero attached hydrogens (tertiary/aromatic N) is 7. The number of alkyl halides is 3. The van der Waals surface area contributed by atoms with Gasteiger partial charge in [-0.3, -0.25) is 19.3 Å². The molecular formula is C31H31ClF3N7O4. The van der Waals surface area contributed by atoms with Crippen LogP contribution in [0.25, 0.3) is 0 Å². The van der Waals surface area contributed by atoms with Crippen LogP contribution in [0.5, 0.6) is 0 Å². The quantitative estimate of drug-likeness (QED) is 0.418. The smallest absolute Gasteiger partial charge is 0.394 e. The maximum absolute atomic E-state index is 14.1. The largest absolute Gasteiger partial charge is 0.416 e. The minimum atomic E-state index is -4.67. The second-order valence-electron chi connectivity index (χ2n) is 11.7. The highest BCUT2D eigenvalue weighted by molar-refractivity contribution is 6.34. The number of imidazole rings is 1. The van der Waals surface area contributed by atoms with Crippen LogP contribution in [-0.2, 0) is 40.2 Å². The van der Waals surface area contributed by atoms with Crippen LogP contribution in [0.15, 0.2) is 49.2 Å². The highest BCUT2D eigenvalue weighted by Crippen LogP contribution is 2.43. The number of aliphatic hydroxyl groups excluding tert-OH is 1. The molecule has 46 heavy (non-hydrogen) atoms. The maximum atomic E-state index is 14.1. The number of carbonyl (C=O) groups is 3. The van der Waals surface area contributed by atoms with Crippen molar-refractivity contribution in [3.05, 3.63) is 77.0 Å². The van der Waals surface area contributed by atoms with E-state index in [0.717, 1.165) is 17.0 Å². The SMILES string of the molecule is C=CC(=O)N1Cc2nc(CN3C[C@H]4CC(=O)N(c5cc(C(F)(F)F)cc(C)n5)[C@@H]4C(=O)N(C)c4cccc(Cl)c43)cn2CC1CO. The molecule has 0 radical (unpaired) electrons. The molecule has 0 bridgehead atoms. The first-order valence-electron chi connectivity index (χ1n) is 14.6. The van der Waals surface area contributed by atoms with Gasteiger partial charge in [-0.2, -0.15) is 13.2 Å². The Kier molecular flexibility index (Phi) is 8.05. The number of fused-ring (bicyclic) bond motifs is 3. The molecule has 6 rings (SSSR count). The Hall–Kier alpha value is -4.43. The predicted octanol–water partition coefficient (Wildman–Crippen LogP) is 3.55. The van der Waals surface area contributed by atoms with Crippen molar-refractivity contribution in [1.29, 1.82) is 0 Å². The number of aryl methyl sites for hydroxylation is 1. The van der Waals surface area contributed by atoms with Gasteiger partial charge in [-0.15, -0.1) is 0 Å². The number of halogens is 4. The summed E-state index contributed by atoms with van der Waals surface area (Å²) in [5.74, 6) is -1.56. The Morgan fingerprint density at radius 2 is 1.96 bits per heavy atom. The summed E-state index contributed by atoms with van der Waals surface area (Å²) in [5, 5.41) is 10.3. The Morgan fingerprint density at radius 3 is 2.65 bits per heavy atom. The van der Waals surface area contributed by atoms with Crippen LogP contribution in [0.2, 0.25) is 5.02 Å². The van der Waals surface area contributed by atoms with Crippen molar-refractivity contribution in [2.75, 3.05) is 34.9 Å². The number of anilines is 3. The number of hydrogen-bond donors (Lipinski definition) is 1. The van der Waals surface area contributed by atoms with Crippen molar-refractivity contribution in [3.8, 4) is 0 Å². The van der Waals surface area contributed by atoms with Gasteiger partial charge in [0.05, 0.1) is 53.4 Å². The summed E-state index contributed by atoms with van der Waals surface area (Å²) in [6.45, 7) is 5.57. The fourth-order valence-electron chi connectivity index (χ4n) is 6.62. The third-order valence-corrected chi connectivity index (χ3v) is 9.02. The zero-order valence-electron chi connectivity index (χ0n) is 25.0. The molecule has 3 atom stereocenters. The first-order chi connectivity index (χ1) is 21.8. The van der Waals surface area contributed by atoms with Crippen LogP contribution >= 0.6 is 11.6 Å². The molecular weight excluding hydrogens is 627 g/mol. The van der Waals surface area contributed by atoms with E-state index in [9.17, 15) is 32.7 Å². The van der Waals surface area contributed by atoms with Crippen molar-refractivity contribution in [2.45, 2.75) is 51.2 Å². The summed E-state index contributed by atoms with van der Waals surface area (Å²) in [6.07, 6.45) is -1.75. The first-order valence-corrected chi connectivity index (χ1v) is 15.0. The molecule has 0 aliphatic carbocycles. The minimum absolute atomic E-state index is 0.0621. The Balaban J connectivity index is 1.39. The molecule has 1 N–H and O–H groups in total. The van der Waals surface area contributed by atoms with Crippen LogP contribution in [-0.4, -0.2) is 74.5 Å². The van der Waals surface area contributed by atoms with Crippen LogP contribution in [0.1, 0.15) is 29.2 Å². The molecule has 2 aromatic heterocycles. The van der Waals surface area contributed by atoms with Gasteiger partial charge in [-0.05, 0) is 37.3 Å². The number of hydrogen-bond acceptors (Lipinski definition) is 7. The topological polar surface area (TPSA) is 115 Å². The fourth-order valence-corrected chi connectivity index (χ4v) is 6.90. The number of benzene rings is 1. The lowest BCUT2D eigenvalue weighted by atomic mass is 9.95. The normalized spacial score (nSPS) is 21.5. The van der Waals surface area contributed by atoms with Gasteiger partial charge >= 0.3 is 6.18 Å². The van der Waals surface area contributed by atoms with E-state index < -0.39 is 41.6 Å². The van der Waals surface area contributed by atoms with E-state index in [0.29, 0.717) is 34.5 Å². The van der Waals surface area contributed by atoms with Crippen LogP contribution in [0.4, 0.5) is 30.4 Å². The zero-order chi connectivity index (χ0) is 33.1. The first kappa shape index (κ1) is 31.5. The minimum Gasteiger partial charge on any atom is -0.394 e. The van der Waals surface area contributed by atoms with Crippen LogP contribution in [0.3, 0.4) is 0 Å². The molecule has 3 aliphatic rings. The summed E-state index contributed by atoms with van der Waals surface area (Å²) < 4.78 is 43.0. The fraction of sp³-hybridized carbons (Fsp3) is 0.387. The molecule has 1 saturated heterocycles. The molecule has 0 saturated carbocycles. The number of aliphatic hydroxyl groups is 1. The Bertz CT molecular complexity index is 1750. The van der Waals surface area contributed by atoms with Gasteiger partial charge in [0.15, 0.2) is 0 Å². The molecule has 1 aromatic carbocycles. The van der Waals surface area contributed by atoms with E-state index in [1.54, 1.807) is 25.2 Å². The summed E-state index contributed by atoms with van der Waals surface area (Å²) in [6, 6.07) is 5.21. The highest BCUT2D eigenvalue weighted by Gasteiger charge is 2.49. The Morgan fingerprint density at radius 1 is 1.20 bits per heavy atom.